The van der Waals surface area contributed by atoms with Crippen molar-refractivity contribution in [3.05, 3.63) is 23.8 Å². The van der Waals surface area contributed by atoms with Crippen molar-refractivity contribution in [2.24, 2.45) is 5.92 Å². The second-order valence-electron chi connectivity index (χ2n) is 5.28. The lowest BCUT2D eigenvalue weighted by atomic mass is 9.94. The lowest BCUT2D eigenvalue weighted by Crippen LogP contribution is -2.15. The normalized spacial score (nSPS) is 15.1. The number of fused-ring (bicyclic) bond motifs is 1. The Bertz CT molecular complexity index is 440. The molecule has 0 aromatic heterocycles. The van der Waals surface area contributed by atoms with E-state index in [-0.39, 0.29) is 0 Å². The van der Waals surface area contributed by atoms with Crippen LogP contribution in [-0.4, -0.2) is 19.0 Å². The molecular weight excluding hydrogens is 240 g/mol. The SMILES string of the molecule is CCCC(=O)CC(C)Cc1ccc2c(c1)OCCO2. The fourth-order valence-corrected chi connectivity index (χ4v) is 2.46. The predicted octanol–water partition coefficient (Wildman–Crippen LogP) is 3.40. The van der Waals surface area contributed by atoms with Crippen LogP contribution in [0.15, 0.2) is 18.2 Å². The molecule has 0 radical (unpaired) electrons. The minimum absolute atomic E-state index is 0.368. The third-order valence-corrected chi connectivity index (χ3v) is 3.30. The van der Waals surface area contributed by atoms with E-state index in [4.69, 9.17) is 9.47 Å². The van der Waals surface area contributed by atoms with Gasteiger partial charge in [-0.25, -0.2) is 0 Å². The van der Waals surface area contributed by atoms with Gasteiger partial charge in [0.2, 0.25) is 0 Å². The Balaban J connectivity index is 1.93. The number of benzene rings is 1. The molecule has 0 bridgehead atoms. The van der Waals surface area contributed by atoms with E-state index in [1.807, 2.05) is 19.1 Å². The molecule has 2 rings (SSSR count). The van der Waals surface area contributed by atoms with Crippen molar-refractivity contribution in [2.45, 2.75) is 39.5 Å². The maximum Gasteiger partial charge on any atom is 0.161 e. The number of hydrogen-bond acceptors (Lipinski definition) is 3. The zero-order valence-corrected chi connectivity index (χ0v) is 11.8. The summed E-state index contributed by atoms with van der Waals surface area (Å²) in [6.45, 7) is 5.41. The molecule has 1 aliphatic rings. The smallest absolute Gasteiger partial charge is 0.161 e. The molecule has 1 aliphatic heterocycles. The number of Topliss-reactive ketones (excluding diaryl/α,β-unsaturated/α-hetero) is 1. The van der Waals surface area contributed by atoms with E-state index in [0.717, 1.165) is 24.3 Å². The molecule has 3 nitrogen and oxygen atoms in total. The summed E-state index contributed by atoms with van der Waals surface area (Å²) in [7, 11) is 0. The lowest BCUT2D eigenvalue weighted by Gasteiger charge is -2.19. The summed E-state index contributed by atoms with van der Waals surface area (Å²) < 4.78 is 11.1. The molecule has 0 saturated carbocycles. The molecule has 104 valence electrons. The summed E-state index contributed by atoms with van der Waals surface area (Å²) in [4.78, 5) is 11.6. The predicted molar refractivity (Wildman–Crippen MR) is 74.8 cm³/mol. The van der Waals surface area contributed by atoms with Gasteiger partial charge in [-0.05, 0) is 36.5 Å². The third-order valence-electron chi connectivity index (χ3n) is 3.30. The molecule has 1 aromatic carbocycles. The second kappa shape index (κ2) is 6.60. The van der Waals surface area contributed by atoms with Gasteiger partial charge in [0.25, 0.3) is 0 Å². The second-order valence-corrected chi connectivity index (χ2v) is 5.28. The van der Waals surface area contributed by atoms with Crippen LogP contribution in [0.4, 0.5) is 0 Å². The minimum Gasteiger partial charge on any atom is -0.486 e. The van der Waals surface area contributed by atoms with Crippen molar-refractivity contribution in [1.82, 2.24) is 0 Å². The molecule has 19 heavy (non-hydrogen) atoms. The maximum atomic E-state index is 11.6. The standard InChI is InChI=1S/C16H22O3/c1-3-4-14(17)10-12(2)9-13-5-6-15-16(11-13)19-8-7-18-15/h5-6,11-12H,3-4,7-10H2,1-2H3. The lowest BCUT2D eigenvalue weighted by molar-refractivity contribution is -0.119. The van der Waals surface area contributed by atoms with Crippen molar-refractivity contribution >= 4 is 5.78 Å². The van der Waals surface area contributed by atoms with Crippen LogP contribution < -0.4 is 9.47 Å². The molecule has 3 heteroatoms. The van der Waals surface area contributed by atoms with Gasteiger partial charge in [-0.3, -0.25) is 4.79 Å². The van der Waals surface area contributed by atoms with Gasteiger partial charge in [-0.1, -0.05) is 19.9 Å². The number of rotatable bonds is 6. The Morgan fingerprint density at radius 1 is 1.26 bits per heavy atom. The van der Waals surface area contributed by atoms with Crippen molar-refractivity contribution < 1.29 is 14.3 Å². The van der Waals surface area contributed by atoms with Gasteiger partial charge in [0.05, 0.1) is 0 Å². The van der Waals surface area contributed by atoms with Crippen molar-refractivity contribution in [2.75, 3.05) is 13.2 Å². The van der Waals surface area contributed by atoms with Gasteiger partial charge < -0.3 is 9.47 Å². The van der Waals surface area contributed by atoms with E-state index in [0.29, 0.717) is 37.8 Å². The van der Waals surface area contributed by atoms with Crippen LogP contribution in [0.5, 0.6) is 11.5 Å². The van der Waals surface area contributed by atoms with Crippen molar-refractivity contribution in [3.8, 4) is 11.5 Å². The van der Waals surface area contributed by atoms with E-state index in [2.05, 4.69) is 13.0 Å². The minimum atomic E-state index is 0.368. The van der Waals surface area contributed by atoms with E-state index in [1.165, 1.54) is 5.56 Å². The topological polar surface area (TPSA) is 35.5 Å². The fourth-order valence-electron chi connectivity index (χ4n) is 2.46. The highest BCUT2D eigenvalue weighted by Gasteiger charge is 2.14. The molecular formula is C16H22O3. The first-order valence-electron chi connectivity index (χ1n) is 7.09. The van der Waals surface area contributed by atoms with Crippen molar-refractivity contribution in [1.29, 1.82) is 0 Å². The Labute approximate surface area is 114 Å². The van der Waals surface area contributed by atoms with Crippen LogP contribution in [0, 0.1) is 5.92 Å². The highest BCUT2D eigenvalue weighted by atomic mass is 16.6. The van der Waals surface area contributed by atoms with Crippen LogP contribution in [0.2, 0.25) is 0 Å². The average Bonchev–Trinajstić information content (AvgIpc) is 2.38. The van der Waals surface area contributed by atoms with Crippen LogP contribution >= 0.6 is 0 Å². The van der Waals surface area contributed by atoms with Crippen LogP contribution in [0.25, 0.3) is 0 Å². The molecule has 0 aliphatic carbocycles. The molecule has 1 unspecified atom stereocenters. The molecule has 0 N–H and O–H groups in total. The summed E-state index contributed by atoms with van der Waals surface area (Å²) >= 11 is 0. The molecule has 0 spiro atoms. The highest BCUT2D eigenvalue weighted by Crippen LogP contribution is 2.31. The number of hydrogen-bond donors (Lipinski definition) is 0. The van der Waals surface area contributed by atoms with Gasteiger partial charge in [-0.15, -0.1) is 0 Å². The Kier molecular flexibility index (Phi) is 4.83. The average molecular weight is 262 g/mol. The van der Waals surface area contributed by atoms with Gasteiger partial charge in [0.15, 0.2) is 11.5 Å². The largest absolute Gasteiger partial charge is 0.486 e. The molecule has 0 amide bonds. The van der Waals surface area contributed by atoms with Crippen LogP contribution in [0.1, 0.15) is 38.7 Å². The Morgan fingerprint density at radius 2 is 2.00 bits per heavy atom. The van der Waals surface area contributed by atoms with E-state index in [1.54, 1.807) is 0 Å². The Hall–Kier alpha value is -1.51. The van der Waals surface area contributed by atoms with Gasteiger partial charge in [0.1, 0.15) is 19.0 Å². The zero-order chi connectivity index (χ0) is 13.7. The van der Waals surface area contributed by atoms with Gasteiger partial charge in [0, 0.05) is 12.8 Å². The highest BCUT2D eigenvalue weighted by molar-refractivity contribution is 5.78. The first kappa shape index (κ1) is 13.9. The molecule has 1 aromatic rings. The first-order chi connectivity index (χ1) is 9.19. The fraction of sp³-hybridized carbons (Fsp3) is 0.562. The molecule has 0 fully saturated rings. The third kappa shape index (κ3) is 3.98. The quantitative estimate of drug-likeness (QED) is 0.788. The maximum absolute atomic E-state index is 11.6. The summed E-state index contributed by atoms with van der Waals surface area (Å²) in [6, 6.07) is 6.06. The van der Waals surface area contributed by atoms with E-state index in [9.17, 15) is 4.79 Å². The first-order valence-corrected chi connectivity index (χ1v) is 7.09. The van der Waals surface area contributed by atoms with E-state index >= 15 is 0 Å². The molecule has 1 atom stereocenters. The monoisotopic (exact) mass is 262 g/mol. The number of carbonyl (C=O) groups excluding carboxylic acids is 1. The van der Waals surface area contributed by atoms with Crippen LogP contribution in [0.3, 0.4) is 0 Å². The summed E-state index contributed by atoms with van der Waals surface area (Å²) in [5, 5.41) is 0. The summed E-state index contributed by atoms with van der Waals surface area (Å²) in [5.74, 6) is 2.40. The molecule has 1 heterocycles. The van der Waals surface area contributed by atoms with E-state index < -0.39 is 0 Å². The number of carbonyl (C=O) groups is 1. The van der Waals surface area contributed by atoms with Gasteiger partial charge in [-0.2, -0.15) is 0 Å². The zero-order valence-electron chi connectivity index (χ0n) is 11.8. The van der Waals surface area contributed by atoms with Crippen molar-refractivity contribution in [3.63, 3.8) is 0 Å². The number of ketones is 1. The van der Waals surface area contributed by atoms with Crippen LogP contribution in [-0.2, 0) is 11.2 Å². The number of ether oxygens (including phenoxy) is 2. The summed E-state index contributed by atoms with van der Waals surface area (Å²) in [6.07, 6.45) is 3.22. The summed E-state index contributed by atoms with van der Waals surface area (Å²) in [5.41, 5.74) is 1.21. The molecule has 0 saturated heterocycles. The Morgan fingerprint density at radius 3 is 2.74 bits per heavy atom. The van der Waals surface area contributed by atoms with Gasteiger partial charge >= 0.3 is 0 Å².